The highest BCUT2D eigenvalue weighted by molar-refractivity contribution is 5.62. The number of nitrogen functional groups attached to an aromatic ring is 1. The number of nitrogens with zero attached hydrogens (tertiary/aromatic N) is 2. The minimum absolute atomic E-state index is 0.780. The molecule has 88 valence electrons. The molecule has 2 N–H and O–H groups in total. The Morgan fingerprint density at radius 1 is 1.18 bits per heavy atom. The Kier molecular flexibility index (Phi) is 3.28. The number of pyridine rings is 1. The Balaban J connectivity index is 2.36. The number of aromatic nitrogens is 1. The van der Waals surface area contributed by atoms with Gasteiger partial charge in [0.25, 0.3) is 0 Å². The average molecular weight is 227 g/mol. The highest BCUT2D eigenvalue weighted by atomic mass is 15.2. The van der Waals surface area contributed by atoms with Gasteiger partial charge in [0.1, 0.15) is 5.82 Å². The van der Waals surface area contributed by atoms with E-state index in [9.17, 15) is 0 Å². The van der Waals surface area contributed by atoms with Gasteiger partial charge in [0.05, 0.1) is 0 Å². The second kappa shape index (κ2) is 4.87. The van der Waals surface area contributed by atoms with Crippen molar-refractivity contribution in [2.45, 2.75) is 13.8 Å². The molecule has 3 heteroatoms. The summed E-state index contributed by atoms with van der Waals surface area (Å²) in [7, 11) is 0. The first kappa shape index (κ1) is 11.5. The molecule has 0 amide bonds. The Hall–Kier alpha value is -2.03. The second-order valence-corrected chi connectivity index (χ2v) is 4.03. The zero-order valence-electron chi connectivity index (χ0n) is 10.2. The lowest BCUT2D eigenvalue weighted by atomic mass is 10.2. The fraction of sp³-hybridized carbons (Fsp3) is 0.214. The third-order valence-electron chi connectivity index (χ3n) is 2.70. The molecule has 0 bridgehead atoms. The summed E-state index contributed by atoms with van der Waals surface area (Å²) in [5.74, 6) is 0.970. The van der Waals surface area contributed by atoms with Crippen LogP contribution in [0.3, 0.4) is 0 Å². The summed E-state index contributed by atoms with van der Waals surface area (Å²) >= 11 is 0. The van der Waals surface area contributed by atoms with Crippen LogP contribution in [-0.2, 0) is 0 Å². The predicted molar refractivity (Wildman–Crippen MR) is 72.5 cm³/mol. The van der Waals surface area contributed by atoms with Crippen LogP contribution in [-0.4, -0.2) is 11.5 Å². The Bertz CT molecular complexity index is 491. The van der Waals surface area contributed by atoms with E-state index in [1.54, 1.807) is 0 Å². The highest BCUT2D eigenvalue weighted by Crippen LogP contribution is 2.24. The first-order valence-corrected chi connectivity index (χ1v) is 5.76. The van der Waals surface area contributed by atoms with E-state index in [4.69, 9.17) is 5.73 Å². The molecule has 0 unspecified atom stereocenters. The SMILES string of the molecule is CCN(c1ccc(N)cc1)c1cc(C)ccn1. The van der Waals surface area contributed by atoms with Crippen LogP contribution in [0.25, 0.3) is 0 Å². The van der Waals surface area contributed by atoms with Crippen molar-refractivity contribution >= 4 is 17.2 Å². The van der Waals surface area contributed by atoms with Gasteiger partial charge < -0.3 is 10.6 Å². The molecule has 0 fully saturated rings. The quantitative estimate of drug-likeness (QED) is 0.819. The van der Waals surface area contributed by atoms with Crippen molar-refractivity contribution in [3.8, 4) is 0 Å². The molecule has 2 rings (SSSR count). The number of rotatable bonds is 3. The van der Waals surface area contributed by atoms with Crippen molar-refractivity contribution in [3.05, 3.63) is 48.2 Å². The van der Waals surface area contributed by atoms with Crippen LogP contribution in [0.2, 0.25) is 0 Å². The van der Waals surface area contributed by atoms with Gasteiger partial charge in [0.2, 0.25) is 0 Å². The molecule has 0 aliphatic rings. The van der Waals surface area contributed by atoms with Gasteiger partial charge in [-0.15, -0.1) is 0 Å². The number of nitrogens with two attached hydrogens (primary N) is 1. The van der Waals surface area contributed by atoms with Crippen LogP contribution < -0.4 is 10.6 Å². The molecule has 0 aliphatic heterocycles. The van der Waals surface area contributed by atoms with Gasteiger partial charge in [-0.05, 0) is 55.8 Å². The number of aryl methyl sites for hydroxylation is 1. The lowest BCUT2D eigenvalue weighted by Crippen LogP contribution is -2.17. The molecule has 0 spiro atoms. The summed E-state index contributed by atoms with van der Waals surface area (Å²) in [5, 5.41) is 0. The average Bonchev–Trinajstić information content (AvgIpc) is 2.33. The first-order chi connectivity index (χ1) is 8.20. The first-order valence-electron chi connectivity index (χ1n) is 5.76. The van der Waals surface area contributed by atoms with Crippen LogP contribution in [0.1, 0.15) is 12.5 Å². The van der Waals surface area contributed by atoms with Crippen LogP contribution in [0.15, 0.2) is 42.6 Å². The van der Waals surface area contributed by atoms with Gasteiger partial charge in [-0.1, -0.05) is 0 Å². The van der Waals surface area contributed by atoms with E-state index in [1.165, 1.54) is 5.56 Å². The van der Waals surface area contributed by atoms with Gasteiger partial charge in [-0.25, -0.2) is 4.98 Å². The lowest BCUT2D eigenvalue weighted by molar-refractivity contribution is 0.987. The second-order valence-electron chi connectivity index (χ2n) is 4.03. The van der Waals surface area contributed by atoms with Gasteiger partial charge in [-0.3, -0.25) is 0 Å². The maximum atomic E-state index is 5.70. The molecule has 0 aliphatic carbocycles. The fourth-order valence-corrected chi connectivity index (χ4v) is 1.80. The molecule has 0 saturated carbocycles. The lowest BCUT2D eigenvalue weighted by Gasteiger charge is -2.22. The van der Waals surface area contributed by atoms with Crippen molar-refractivity contribution in [1.29, 1.82) is 0 Å². The molecular formula is C14H17N3. The van der Waals surface area contributed by atoms with Crippen molar-refractivity contribution in [1.82, 2.24) is 4.98 Å². The van der Waals surface area contributed by atoms with Crippen molar-refractivity contribution in [3.63, 3.8) is 0 Å². The van der Waals surface area contributed by atoms with E-state index >= 15 is 0 Å². The summed E-state index contributed by atoms with van der Waals surface area (Å²) in [6.07, 6.45) is 1.84. The monoisotopic (exact) mass is 227 g/mol. The summed E-state index contributed by atoms with van der Waals surface area (Å²) < 4.78 is 0. The summed E-state index contributed by atoms with van der Waals surface area (Å²) in [4.78, 5) is 6.56. The van der Waals surface area contributed by atoms with Crippen molar-refractivity contribution in [2.75, 3.05) is 17.2 Å². The largest absolute Gasteiger partial charge is 0.399 e. The minimum Gasteiger partial charge on any atom is -0.399 e. The van der Waals surface area contributed by atoms with Gasteiger partial charge in [0.15, 0.2) is 0 Å². The normalized spacial score (nSPS) is 10.2. The van der Waals surface area contributed by atoms with Crippen LogP contribution in [0, 0.1) is 6.92 Å². The predicted octanol–water partition coefficient (Wildman–Crippen LogP) is 3.13. The number of hydrogen-bond donors (Lipinski definition) is 1. The minimum atomic E-state index is 0.780. The van der Waals surface area contributed by atoms with Gasteiger partial charge in [0, 0.05) is 24.1 Å². The molecular weight excluding hydrogens is 210 g/mol. The topological polar surface area (TPSA) is 42.1 Å². The molecule has 0 radical (unpaired) electrons. The Labute approximate surface area is 102 Å². The third kappa shape index (κ3) is 2.56. The Morgan fingerprint density at radius 2 is 1.88 bits per heavy atom. The number of benzene rings is 1. The number of hydrogen-bond acceptors (Lipinski definition) is 3. The molecule has 1 aromatic carbocycles. The summed E-state index contributed by atoms with van der Waals surface area (Å²) in [6.45, 7) is 5.06. The molecule has 1 aromatic heterocycles. The smallest absolute Gasteiger partial charge is 0.133 e. The zero-order valence-corrected chi connectivity index (χ0v) is 10.2. The maximum Gasteiger partial charge on any atom is 0.133 e. The van der Waals surface area contributed by atoms with Crippen LogP contribution >= 0.6 is 0 Å². The maximum absolute atomic E-state index is 5.70. The summed E-state index contributed by atoms with van der Waals surface area (Å²) in [6, 6.07) is 11.9. The molecule has 0 atom stereocenters. The standard InChI is InChI=1S/C14H17N3/c1-3-17(13-6-4-12(15)5-7-13)14-10-11(2)8-9-16-14/h4-10H,3,15H2,1-2H3. The summed E-state index contributed by atoms with van der Waals surface area (Å²) in [5.41, 5.74) is 8.80. The zero-order chi connectivity index (χ0) is 12.3. The third-order valence-corrected chi connectivity index (χ3v) is 2.70. The van der Waals surface area contributed by atoms with Crippen LogP contribution in [0.5, 0.6) is 0 Å². The van der Waals surface area contributed by atoms with E-state index in [2.05, 4.69) is 29.8 Å². The molecule has 17 heavy (non-hydrogen) atoms. The van der Waals surface area contributed by atoms with Gasteiger partial charge >= 0.3 is 0 Å². The van der Waals surface area contributed by atoms with Crippen molar-refractivity contribution < 1.29 is 0 Å². The van der Waals surface area contributed by atoms with Crippen LogP contribution in [0.4, 0.5) is 17.2 Å². The van der Waals surface area contributed by atoms with E-state index in [0.29, 0.717) is 0 Å². The van der Waals surface area contributed by atoms with Crippen molar-refractivity contribution in [2.24, 2.45) is 0 Å². The van der Waals surface area contributed by atoms with Gasteiger partial charge in [-0.2, -0.15) is 0 Å². The van der Waals surface area contributed by atoms with E-state index in [1.807, 2.05) is 36.5 Å². The number of anilines is 3. The molecule has 2 aromatic rings. The highest BCUT2D eigenvalue weighted by Gasteiger charge is 2.07. The van der Waals surface area contributed by atoms with E-state index in [-0.39, 0.29) is 0 Å². The molecule has 1 heterocycles. The fourth-order valence-electron chi connectivity index (χ4n) is 1.80. The molecule has 0 saturated heterocycles. The van der Waals surface area contributed by atoms with E-state index < -0.39 is 0 Å². The van der Waals surface area contributed by atoms with E-state index in [0.717, 1.165) is 23.7 Å². The molecule has 3 nitrogen and oxygen atoms in total. The Morgan fingerprint density at radius 3 is 2.47 bits per heavy atom.